The molecule has 0 aromatic heterocycles. The van der Waals surface area contributed by atoms with E-state index in [4.69, 9.17) is 0 Å². The van der Waals surface area contributed by atoms with E-state index in [1.807, 2.05) is 12.1 Å². The standard InChI is InChI=1S/C21H29N3O4/c1-14(2)11-22-21(28)23-9-5-6-15(12-23)10-19(25)24-13-17(20(26)27)16-7-3-4-8-18(16)24/h3-4,7-8,14-15,17H,5-6,9-13H2,1-2H3,(H,22,28)(H,26,27). The summed E-state index contributed by atoms with van der Waals surface area (Å²) in [5, 5.41) is 12.4. The fraction of sp³-hybridized carbons (Fsp3) is 0.571. The molecule has 7 nitrogen and oxygen atoms in total. The first kappa shape index (κ1) is 20.2. The first-order chi connectivity index (χ1) is 13.4. The molecule has 0 bridgehead atoms. The summed E-state index contributed by atoms with van der Waals surface area (Å²) in [5.41, 5.74) is 1.39. The van der Waals surface area contributed by atoms with Gasteiger partial charge in [-0.2, -0.15) is 0 Å². The molecule has 152 valence electrons. The van der Waals surface area contributed by atoms with Gasteiger partial charge in [0.05, 0.1) is 0 Å². The van der Waals surface area contributed by atoms with Gasteiger partial charge in [-0.05, 0) is 36.3 Å². The molecule has 2 heterocycles. The average Bonchev–Trinajstić information content (AvgIpc) is 3.06. The molecule has 28 heavy (non-hydrogen) atoms. The zero-order valence-corrected chi connectivity index (χ0v) is 16.6. The Morgan fingerprint density at radius 1 is 1.21 bits per heavy atom. The van der Waals surface area contributed by atoms with Crippen LogP contribution in [-0.4, -0.2) is 54.1 Å². The van der Waals surface area contributed by atoms with Gasteiger partial charge in [0.1, 0.15) is 5.92 Å². The second kappa shape index (κ2) is 8.63. The average molecular weight is 387 g/mol. The number of carboxylic acids is 1. The summed E-state index contributed by atoms with van der Waals surface area (Å²) >= 11 is 0. The van der Waals surface area contributed by atoms with Crippen molar-refractivity contribution >= 4 is 23.6 Å². The summed E-state index contributed by atoms with van der Waals surface area (Å²) in [6.07, 6.45) is 2.10. The predicted molar refractivity (Wildman–Crippen MR) is 106 cm³/mol. The topological polar surface area (TPSA) is 90.0 Å². The fourth-order valence-electron chi connectivity index (χ4n) is 4.03. The molecular formula is C21H29N3O4. The number of rotatable bonds is 5. The maximum Gasteiger partial charge on any atom is 0.317 e. The lowest BCUT2D eigenvalue weighted by Crippen LogP contribution is -2.47. The van der Waals surface area contributed by atoms with Gasteiger partial charge in [-0.25, -0.2) is 4.79 Å². The zero-order chi connectivity index (χ0) is 20.3. The van der Waals surface area contributed by atoms with Gasteiger partial charge < -0.3 is 20.2 Å². The number of hydrogen-bond donors (Lipinski definition) is 2. The van der Waals surface area contributed by atoms with Gasteiger partial charge in [0, 0.05) is 38.3 Å². The number of benzene rings is 1. The molecule has 3 rings (SSSR count). The van der Waals surface area contributed by atoms with Crippen LogP contribution in [-0.2, 0) is 9.59 Å². The van der Waals surface area contributed by atoms with E-state index in [-0.39, 0.29) is 24.4 Å². The Labute approximate surface area is 165 Å². The van der Waals surface area contributed by atoms with E-state index in [1.165, 1.54) is 0 Å². The molecule has 0 aliphatic carbocycles. The van der Waals surface area contributed by atoms with Gasteiger partial charge in [-0.3, -0.25) is 9.59 Å². The van der Waals surface area contributed by atoms with E-state index in [2.05, 4.69) is 19.2 Å². The summed E-state index contributed by atoms with van der Waals surface area (Å²) in [4.78, 5) is 40.2. The summed E-state index contributed by atoms with van der Waals surface area (Å²) in [6, 6.07) is 7.15. The number of anilines is 1. The molecule has 1 aromatic rings. The number of fused-ring (bicyclic) bond motifs is 1. The number of likely N-dealkylation sites (tertiary alicyclic amines) is 1. The second-order valence-corrected chi connectivity index (χ2v) is 8.19. The van der Waals surface area contributed by atoms with Crippen molar-refractivity contribution in [2.24, 2.45) is 11.8 Å². The minimum absolute atomic E-state index is 0.0642. The largest absolute Gasteiger partial charge is 0.481 e. The van der Waals surface area contributed by atoms with Crippen molar-refractivity contribution in [3.05, 3.63) is 29.8 Å². The maximum atomic E-state index is 12.9. The molecule has 2 aliphatic rings. The van der Waals surface area contributed by atoms with Crippen LogP contribution >= 0.6 is 0 Å². The number of piperidine rings is 1. The van der Waals surface area contributed by atoms with Crippen LogP contribution in [0.2, 0.25) is 0 Å². The van der Waals surface area contributed by atoms with Crippen LogP contribution in [0.1, 0.15) is 44.6 Å². The number of nitrogens with zero attached hydrogens (tertiary/aromatic N) is 2. The number of carboxylic acid groups (broad SMARTS) is 1. The highest BCUT2D eigenvalue weighted by molar-refractivity contribution is 5.99. The molecule has 1 saturated heterocycles. The van der Waals surface area contributed by atoms with Crippen LogP contribution in [0.5, 0.6) is 0 Å². The molecule has 2 aliphatic heterocycles. The summed E-state index contributed by atoms with van der Waals surface area (Å²) in [6.45, 7) is 6.20. The molecule has 0 spiro atoms. The van der Waals surface area contributed by atoms with E-state index in [0.717, 1.165) is 12.8 Å². The number of nitrogens with one attached hydrogen (secondary N) is 1. The van der Waals surface area contributed by atoms with Crippen molar-refractivity contribution in [2.75, 3.05) is 31.1 Å². The Bertz CT molecular complexity index is 749. The Balaban J connectivity index is 1.62. The van der Waals surface area contributed by atoms with Crippen molar-refractivity contribution in [1.82, 2.24) is 10.2 Å². The van der Waals surface area contributed by atoms with Gasteiger partial charge in [0.15, 0.2) is 0 Å². The number of aliphatic carboxylic acids is 1. The zero-order valence-electron chi connectivity index (χ0n) is 16.6. The highest BCUT2D eigenvalue weighted by Crippen LogP contribution is 2.37. The van der Waals surface area contributed by atoms with Crippen molar-refractivity contribution in [2.45, 2.75) is 39.0 Å². The predicted octanol–water partition coefficient (Wildman–Crippen LogP) is 2.67. The lowest BCUT2D eigenvalue weighted by molar-refractivity contribution is -0.138. The van der Waals surface area contributed by atoms with Crippen LogP contribution in [0, 0.1) is 11.8 Å². The Morgan fingerprint density at radius 3 is 2.68 bits per heavy atom. The smallest absolute Gasteiger partial charge is 0.317 e. The Hall–Kier alpha value is -2.57. The molecule has 0 saturated carbocycles. The van der Waals surface area contributed by atoms with Gasteiger partial charge in [-0.1, -0.05) is 32.0 Å². The molecule has 1 aromatic carbocycles. The second-order valence-electron chi connectivity index (χ2n) is 8.19. The quantitative estimate of drug-likeness (QED) is 0.813. The van der Waals surface area contributed by atoms with Gasteiger partial charge >= 0.3 is 12.0 Å². The molecule has 1 fully saturated rings. The number of carbonyl (C=O) groups is 3. The van der Waals surface area contributed by atoms with Crippen LogP contribution in [0.15, 0.2) is 24.3 Å². The van der Waals surface area contributed by atoms with Gasteiger partial charge in [0.2, 0.25) is 5.91 Å². The molecular weight excluding hydrogens is 358 g/mol. The third-order valence-electron chi connectivity index (χ3n) is 5.50. The van der Waals surface area contributed by atoms with E-state index in [1.54, 1.807) is 21.9 Å². The number of carbonyl (C=O) groups excluding carboxylic acids is 2. The monoisotopic (exact) mass is 387 g/mol. The van der Waals surface area contributed by atoms with Crippen LogP contribution in [0.3, 0.4) is 0 Å². The molecule has 2 N–H and O–H groups in total. The number of hydrogen-bond acceptors (Lipinski definition) is 3. The molecule has 2 unspecified atom stereocenters. The first-order valence-corrected chi connectivity index (χ1v) is 10.0. The third kappa shape index (κ3) is 4.46. The van der Waals surface area contributed by atoms with Crippen molar-refractivity contribution in [1.29, 1.82) is 0 Å². The highest BCUT2D eigenvalue weighted by Gasteiger charge is 2.37. The molecule has 2 atom stereocenters. The van der Waals surface area contributed by atoms with Gasteiger partial charge in [0.25, 0.3) is 0 Å². The van der Waals surface area contributed by atoms with Crippen molar-refractivity contribution in [3.8, 4) is 0 Å². The Kier molecular flexibility index (Phi) is 6.21. The minimum Gasteiger partial charge on any atom is -0.481 e. The minimum atomic E-state index is -0.909. The van der Waals surface area contributed by atoms with E-state index in [0.29, 0.717) is 43.2 Å². The van der Waals surface area contributed by atoms with Crippen LogP contribution in [0.25, 0.3) is 0 Å². The number of para-hydroxylation sites is 1. The lowest BCUT2D eigenvalue weighted by atomic mass is 9.94. The molecule has 3 amide bonds. The fourth-order valence-corrected chi connectivity index (χ4v) is 4.03. The summed E-state index contributed by atoms with van der Waals surface area (Å²) in [5.74, 6) is -1.16. The normalized spacial score (nSPS) is 21.5. The van der Waals surface area contributed by atoms with E-state index < -0.39 is 11.9 Å². The SMILES string of the molecule is CC(C)CNC(=O)N1CCCC(CC(=O)N2CC(C(=O)O)c3ccccc32)C1. The van der Waals surface area contributed by atoms with Crippen LogP contribution in [0.4, 0.5) is 10.5 Å². The van der Waals surface area contributed by atoms with Crippen molar-refractivity contribution < 1.29 is 19.5 Å². The van der Waals surface area contributed by atoms with Crippen molar-refractivity contribution in [3.63, 3.8) is 0 Å². The summed E-state index contributed by atoms with van der Waals surface area (Å²) in [7, 11) is 0. The lowest BCUT2D eigenvalue weighted by Gasteiger charge is -2.33. The third-order valence-corrected chi connectivity index (χ3v) is 5.50. The first-order valence-electron chi connectivity index (χ1n) is 10.0. The van der Waals surface area contributed by atoms with E-state index in [9.17, 15) is 19.5 Å². The number of urea groups is 1. The van der Waals surface area contributed by atoms with Gasteiger partial charge in [-0.15, -0.1) is 0 Å². The van der Waals surface area contributed by atoms with E-state index >= 15 is 0 Å². The number of amides is 3. The summed E-state index contributed by atoms with van der Waals surface area (Å²) < 4.78 is 0. The highest BCUT2D eigenvalue weighted by atomic mass is 16.4. The maximum absolute atomic E-state index is 12.9. The Morgan fingerprint density at radius 2 is 1.96 bits per heavy atom. The van der Waals surface area contributed by atoms with Crippen LogP contribution < -0.4 is 10.2 Å². The molecule has 7 heteroatoms. The molecule has 0 radical (unpaired) electrons.